The van der Waals surface area contributed by atoms with Crippen molar-refractivity contribution >= 4 is 0 Å². The molecule has 1 aromatic rings. The molecule has 1 aromatic heterocycles. The predicted octanol–water partition coefficient (Wildman–Crippen LogP) is 0.234. The molecular weight excluding hydrogens is 202 g/mol. The minimum Gasteiger partial charge on any atom is -0.317 e. The lowest BCUT2D eigenvalue weighted by Gasteiger charge is -2.32. The summed E-state index contributed by atoms with van der Waals surface area (Å²) in [4.78, 5) is 2.57. The van der Waals surface area contributed by atoms with E-state index in [4.69, 9.17) is 0 Å². The number of rotatable bonds is 2. The van der Waals surface area contributed by atoms with E-state index in [0.717, 1.165) is 31.5 Å². The molecule has 1 saturated carbocycles. The largest absolute Gasteiger partial charge is 0.317 e. The van der Waals surface area contributed by atoms with Crippen molar-refractivity contribution in [2.75, 3.05) is 13.6 Å². The summed E-state index contributed by atoms with van der Waals surface area (Å²) in [6, 6.07) is 1.45. The third kappa shape index (κ3) is 1.74. The van der Waals surface area contributed by atoms with Crippen LogP contribution in [0.2, 0.25) is 0 Å². The van der Waals surface area contributed by atoms with Gasteiger partial charge in [-0.15, -0.1) is 10.2 Å². The molecular formula is C11H19N5. The second-order valence-corrected chi connectivity index (χ2v) is 4.86. The SMILES string of the molecule is CNC1CCC(N2CCn3cnnc3C2)C1. The van der Waals surface area contributed by atoms with Crippen LogP contribution in [0.15, 0.2) is 6.33 Å². The van der Waals surface area contributed by atoms with Gasteiger partial charge in [0.05, 0.1) is 6.54 Å². The Bertz CT molecular complexity index is 361. The molecule has 1 N–H and O–H groups in total. The van der Waals surface area contributed by atoms with E-state index in [1.165, 1.54) is 19.3 Å². The lowest BCUT2D eigenvalue weighted by molar-refractivity contribution is 0.152. The first-order valence-corrected chi connectivity index (χ1v) is 6.15. The Morgan fingerprint density at radius 2 is 2.31 bits per heavy atom. The fraction of sp³-hybridized carbons (Fsp3) is 0.818. The van der Waals surface area contributed by atoms with E-state index in [2.05, 4.69) is 32.0 Å². The second kappa shape index (κ2) is 4.14. The molecule has 3 rings (SSSR count). The summed E-state index contributed by atoms with van der Waals surface area (Å²) in [5, 5.41) is 11.5. The summed E-state index contributed by atoms with van der Waals surface area (Å²) in [6.45, 7) is 3.16. The Morgan fingerprint density at radius 3 is 3.12 bits per heavy atom. The van der Waals surface area contributed by atoms with E-state index in [1.807, 2.05) is 6.33 Å². The van der Waals surface area contributed by atoms with Crippen molar-refractivity contribution in [1.82, 2.24) is 25.0 Å². The van der Waals surface area contributed by atoms with Crippen molar-refractivity contribution in [3.8, 4) is 0 Å². The lowest BCUT2D eigenvalue weighted by Crippen LogP contribution is -2.40. The van der Waals surface area contributed by atoms with Crippen molar-refractivity contribution < 1.29 is 0 Å². The van der Waals surface area contributed by atoms with Gasteiger partial charge in [-0.1, -0.05) is 0 Å². The standard InChI is InChI=1S/C11H19N5/c1-12-9-2-3-10(6-9)15-4-5-16-8-13-14-11(16)7-15/h8-10,12H,2-7H2,1H3. The average Bonchev–Trinajstić information content (AvgIpc) is 2.96. The van der Waals surface area contributed by atoms with Crippen LogP contribution >= 0.6 is 0 Å². The molecule has 0 aromatic carbocycles. The van der Waals surface area contributed by atoms with E-state index < -0.39 is 0 Å². The van der Waals surface area contributed by atoms with Crippen LogP contribution in [0.1, 0.15) is 25.1 Å². The first-order chi connectivity index (χ1) is 7.86. The van der Waals surface area contributed by atoms with Gasteiger partial charge in [0.2, 0.25) is 0 Å². The van der Waals surface area contributed by atoms with E-state index in [9.17, 15) is 0 Å². The van der Waals surface area contributed by atoms with Crippen LogP contribution in [-0.4, -0.2) is 45.3 Å². The van der Waals surface area contributed by atoms with Crippen molar-refractivity contribution in [2.45, 2.75) is 44.4 Å². The predicted molar refractivity (Wildman–Crippen MR) is 60.9 cm³/mol. The second-order valence-electron chi connectivity index (χ2n) is 4.86. The zero-order valence-electron chi connectivity index (χ0n) is 9.76. The molecule has 0 bridgehead atoms. The summed E-state index contributed by atoms with van der Waals surface area (Å²) < 4.78 is 2.17. The van der Waals surface area contributed by atoms with E-state index >= 15 is 0 Å². The normalized spacial score (nSPS) is 30.6. The van der Waals surface area contributed by atoms with Crippen LogP contribution < -0.4 is 5.32 Å². The molecule has 2 heterocycles. The van der Waals surface area contributed by atoms with Crippen LogP contribution in [0, 0.1) is 0 Å². The fourth-order valence-electron chi connectivity index (χ4n) is 2.95. The van der Waals surface area contributed by atoms with E-state index in [-0.39, 0.29) is 0 Å². The van der Waals surface area contributed by atoms with Gasteiger partial charge < -0.3 is 9.88 Å². The molecule has 2 unspecified atom stereocenters. The summed E-state index contributed by atoms with van der Waals surface area (Å²) in [5.41, 5.74) is 0. The van der Waals surface area contributed by atoms with Gasteiger partial charge in [0, 0.05) is 25.2 Å². The van der Waals surface area contributed by atoms with Crippen LogP contribution in [-0.2, 0) is 13.1 Å². The Balaban J connectivity index is 1.66. The number of fused-ring (bicyclic) bond motifs is 1. The fourth-order valence-corrected chi connectivity index (χ4v) is 2.95. The van der Waals surface area contributed by atoms with Gasteiger partial charge in [-0.3, -0.25) is 4.90 Å². The van der Waals surface area contributed by atoms with Gasteiger partial charge >= 0.3 is 0 Å². The van der Waals surface area contributed by atoms with Crippen molar-refractivity contribution in [1.29, 1.82) is 0 Å². The highest BCUT2D eigenvalue weighted by atomic mass is 15.3. The topological polar surface area (TPSA) is 46.0 Å². The van der Waals surface area contributed by atoms with Crippen molar-refractivity contribution in [3.05, 3.63) is 12.2 Å². The highest BCUT2D eigenvalue weighted by Crippen LogP contribution is 2.26. The lowest BCUT2D eigenvalue weighted by atomic mass is 10.2. The molecule has 0 radical (unpaired) electrons. The number of nitrogens with one attached hydrogen (secondary N) is 1. The summed E-state index contributed by atoms with van der Waals surface area (Å²) in [7, 11) is 2.07. The van der Waals surface area contributed by atoms with Gasteiger partial charge in [-0.25, -0.2) is 0 Å². The highest BCUT2D eigenvalue weighted by molar-refractivity contribution is 4.94. The molecule has 1 fully saturated rings. The monoisotopic (exact) mass is 221 g/mol. The molecule has 0 spiro atoms. The Kier molecular flexibility index (Phi) is 2.65. The van der Waals surface area contributed by atoms with Gasteiger partial charge in [0.15, 0.2) is 0 Å². The van der Waals surface area contributed by atoms with Crippen LogP contribution in [0.4, 0.5) is 0 Å². The maximum atomic E-state index is 4.17. The summed E-state index contributed by atoms with van der Waals surface area (Å²) in [5.74, 6) is 1.12. The average molecular weight is 221 g/mol. The molecule has 1 aliphatic heterocycles. The van der Waals surface area contributed by atoms with Crippen molar-refractivity contribution in [2.24, 2.45) is 0 Å². The Morgan fingerprint density at radius 1 is 1.38 bits per heavy atom. The third-order valence-electron chi connectivity index (χ3n) is 4.00. The highest BCUT2D eigenvalue weighted by Gasteiger charge is 2.30. The molecule has 16 heavy (non-hydrogen) atoms. The number of nitrogens with zero attached hydrogens (tertiary/aromatic N) is 4. The Hall–Kier alpha value is -0.940. The van der Waals surface area contributed by atoms with Gasteiger partial charge in [0.1, 0.15) is 12.2 Å². The zero-order chi connectivity index (χ0) is 11.0. The Labute approximate surface area is 95.8 Å². The summed E-state index contributed by atoms with van der Waals surface area (Å²) >= 11 is 0. The van der Waals surface area contributed by atoms with E-state index in [1.54, 1.807) is 0 Å². The smallest absolute Gasteiger partial charge is 0.147 e. The molecule has 0 amide bonds. The number of hydrogen-bond acceptors (Lipinski definition) is 4. The molecule has 1 aliphatic carbocycles. The molecule has 5 nitrogen and oxygen atoms in total. The maximum absolute atomic E-state index is 4.17. The molecule has 0 saturated heterocycles. The van der Waals surface area contributed by atoms with Gasteiger partial charge in [-0.2, -0.15) is 0 Å². The zero-order valence-corrected chi connectivity index (χ0v) is 9.76. The summed E-state index contributed by atoms with van der Waals surface area (Å²) in [6.07, 6.45) is 5.76. The molecule has 2 aliphatic rings. The third-order valence-corrected chi connectivity index (χ3v) is 4.00. The number of aromatic nitrogens is 3. The van der Waals surface area contributed by atoms with E-state index in [0.29, 0.717) is 6.04 Å². The minimum absolute atomic E-state index is 0.713. The quantitative estimate of drug-likeness (QED) is 0.777. The minimum atomic E-state index is 0.713. The molecule has 2 atom stereocenters. The van der Waals surface area contributed by atoms with Gasteiger partial charge in [0.25, 0.3) is 0 Å². The molecule has 88 valence electrons. The maximum Gasteiger partial charge on any atom is 0.147 e. The van der Waals surface area contributed by atoms with Crippen LogP contribution in [0.5, 0.6) is 0 Å². The first kappa shape index (κ1) is 10.2. The van der Waals surface area contributed by atoms with Crippen LogP contribution in [0.25, 0.3) is 0 Å². The van der Waals surface area contributed by atoms with Crippen LogP contribution in [0.3, 0.4) is 0 Å². The number of hydrogen-bond donors (Lipinski definition) is 1. The van der Waals surface area contributed by atoms with Gasteiger partial charge in [-0.05, 0) is 26.3 Å². The van der Waals surface area contributed by atoms with Crippen molar-refractivity contribution in [3.63, 3.8) is 0 Å². The first-order valence-electron chi connectivity index (χ1n) is 6.15. The molecule has 5 heteroatoms.